The first kappa shape index (κ1) is 13.2. The Labute approximate surface area is 108 Å². The van der Waals surface area contributed by atoms with Crippen LogP contribution in [0.4, 0.5) is 0 Å². The van der Waals surface area contributed by atoms with Gasteiger partial charge in [-0.25, -0.2) is 0 Å². The number of ether oxygens (including phenoxy) is 2. The molecule has 4 heteroatoms. The van der Waals surface area contributed by atoms with Gasteiger partial charge in [0, 0.05) is 6.04 Å². The fourth-order valence-electron chi connectivity index (χ4n) is 2.33. The molecule has 0 fully saturated rings. The Morgan fingerprint density at radius 2 is 2.00 bits per heavy atom. The van der Waals surface area contributed by atoms with Gasteiger partial charge in [-0.1, -0.05) is 19.4 Å². The van der Waals surface area contributed by atoms with Crippen molar-refractivity contribution < 1.29 is 9.47 Å². The number of nitrogens with two attached hydrogens (primary N) is 1. The molecule has 0 saturated carbocycles. The standard InChI is InChI=1S/C14H22N2O2/c1-3-10(9-16-2)14(15)11-4-5-12-13(8-11)18-7-6-17-12/h4-5,8,10,14,16H,3,6-7,9,15H2,1-2H3. The first-order chi connectivity index (χ1) is 8.76. The SMILES string of the molecule is CCC(CNC)C(N)c1ccc2c(c1)OCCO2. The molecule has 100 valence electrons. The summed E-state index contributed by atoms with van der Waals surface area (Å²) in [6.45, 7) is 4.32. The van der Waals surface area contributed by atoms with Gasteiger partial charge in [0.15, 0.2) is 11.5 Å². The highest BCUT2D eigenvalue weighted by Gasteiger charge is 2.20. The summed E-state index contributed by atoms with van der Waals surface area (Å²) in [6.07, 6.45) is 1.05. The summed E-state index contributed by atoms with van der Waals surface area (Å²) in [5.74, 6) is 2.06. The van der Waals surface area contributed by atoms with Crippen molar-refractivity contribution in [2.45, 2.75) is 19.4 Å². The Hall–Kier alpha value is -1.26. The minimum Gasteiger partial charge on any atom is -0.486 e. The number of rotatable bonds is 5. The van der Waals surface area contributed by atoms with Crippen LogP contribution in [0.1, 0.15) is 24.9 Å². The van der Waals surface area contributed by atoms with Gasteiger partial charge < -0.3 is 20.5 Å². The molecule has 0 bridgehead atoms. The van der Waals surface area contributed by atoms with Crippen LogP contribution in [0.25, 0.3) is 0 Å². The van der Waals surface area contributed by atoms with Gasteiger partial charge in [-0.15, -0.1) is 0 Å². The third-order valence-electron chi connectivity index (χ3n) is 3.45. The third-order valence-corrected chi connectivity index (χ3v) is 3.45. The van der Waals surface area contributed by atoms with Crippen molar-refractivity contribution in [3.05, 3.63) is 23.8 Å². The summed E-state index contributed by atoms with van der Waals surface area (Å²) in [5, 5.41) is 3.20. The molecule has 0 spiro atoms. The van der Waals surface area contributed by atoms with Crippen LogP contribution in [-0.2, 0) is 0 Å². The molecule has 1 aromatic rings. The number of hydrogen-bond donors (Lipinski definition) is 2. The van der Waals surface area contributed by atoms with Gasteiger partial charge in [0.2, 0.25) is 0 Å². The smallest absolute Gasteiger partial charge is 0.161 e. The van der Waals surface area contributed by atoms with Crippen molar-refractivity contribution >= 4 is 0 Å². The lowest BCUT2D eigenvalue weighted by Crippen LogP contribution is -2.29. The zero-order chi connectivity index (χ0) is 13.0. The normalized spacial score (nSPS) is 17.3. The highest BCUT2D eigenvalue weighted by molar-refractivity contribution is 5.44. The molecule has 4 nitrogen and oxygen atoms in total. The summed E-state index contributed by atoms with van der Waals surface area (Å²) >= 11 is 0. The third kappa shape index (κ3) is 2.76. The minimum atomic E-state index is 0.0262. The van der Waals surface area contributed by atoms with Gasteiger partial charge in [0.25, 0.3) is 0 Å². The van der Waals surface area contributed by atoms with Crippen LogP contribution in [-0.4, -0.2) is 26.8 Å². The van der Waals surface area contributed by atoms with E-state index in [0.29, 0.717) is 19.1 Å². The molecule has 18 heavy (non-hydrogen) atoms. The molecular weight excluding hydrogens is 228 g/mol. The van der Waals surface area contributed by atoms with E-state index in [0.717, 1.165) is 30.0 Å². The maximum atomic E-state index is 6.33. The maximum Gasteiger partial charge on any atom is 0.161 e. The second kappa shape index (κ2) is 6.07. The molecule has 0 amide bonds. The highest BCUT2D eigenvalue weighted by Crippen LogP contribution is 2.34. The summed E-state index contributed by atoms with van der Waals surface area (Å²) in [5.41, 5.74) is 7.44. The van der Waals surface area contributed by atoms with Crippen LogP contribution in [0, 0.1) is 5.92 Å². The fraction of sp³-hybridized carbons (Fsp3) is 0.571. The molecule has 1 heterocycles. The molecule has 2 unspecified atom stereocenters. The quantitative estimate of drug-likeness (QED) is 0.835. The van der Waals surface area contributed by atoms with Crippen LogP contribution in [0.3, 0.4) is 0 Å². The molecule has 0 aromatic heterocycles. The molecule has 2 rings (SSSR count). The summed E-state index contributed by atoms with van der Waals surface area (Å²) in [4.78, 5) is 0. The summed E-state index contributed by atoms with van der Waals surface area (Å²) in [6, 6.07) is 6.03. The van der Waals surface area contributed by atoms with Gasteiger partial charge >= 0.3 is 0 Å². The van der Waals surface area contributed by atoms with Crippen molar-refractivity contribution in [1.29, 1.82) is 0 Å². The second-order valence-electron chi connectivity index (χ2n) is 4.65. The van der Waals surface area contributed by atoms with E-state index < -0.39 is 0 Å². The van der Waals surface area contributed by atoms with Gasteiger partial charge in [0.05, 0.1) is 0 Å². The van der Waals surface area contributed by atoms with Crippen molar-refractivity contribution in [3.63, 3.8) is 0 Å². The molecule has 1 aliphatic rings. The zero-order valence-electron chi connectivity index (χ0n) is 11.1. The molecule has 2 atom stereocenters. The van der Waals surface area contributed by atoms with Crippen molar-refractivity contribution in [1.82, 2.24) is 5.32 Å². The first-order valence-corrected chi connectivity index (χ1v) is 6.56. The topological polar surface area (TPSA) is 56.5 Å². The zero-order valence-corrected chi connectivity index (χ0v) is 11.1. The van der Waals surface area contributed by atoms with Gasteiger partial charge in [-0.2, -0.15) is 0 Å². The first-order valence-electron chi connectivity index (χ1n) is 6.56. The lowest BCUT2D eigenvalue weighted by atomic mass is 9.91. The van der Waals surface area contributed by atoms with Crippen LogP contribution in [0.2, 0.25) is 0 Å². The van der Waals surface area contributed by atoms with E-state index >= 15 is 0 Å². The fourth-order valence-corrected chi connectivity index (χ4v) is 2.33. The van der Waals surface area contributed by atoms with E-state index in [2.05, 4.69) is 12.2 Å². The second-order valence-corrected chi connectivity index (χ2v) is 4.65. The largest absolute Gasteiger partial charge is 0.486 e. The molecular formula is C14H22N2O2. The predicted molar refractivity (Wildman–Crippen MR) is 72.1 cm³/mol. The van der Waals surface area contributed by atoms with E-state index in [1.165, 1.54) is 0 Å². The lowest BCUT2D eigenvalue weighted by Gasteiger charge is -2.25. The molecule has 0 aliphatic carbocycles. The van der Waals surface area contributed by atoms with Crippen molar-refractivity contribution in [3.8, 4) is 11.5 Å². The number of benzene rings is 1. The van der Waals surface area contributed by atoms with Gasteiger partial charge in [-0.3, -0.25) is 0 Å². The predicted octanol–water partition coefficient (Wildman–Crippen LogP) is 1.70. The minimum absolute atomic E-state index is 0.0262. The number of fused-ring (bicyclic) bond motifs is 1. The van der Waals surface area contributed by atoms with Gasteiger partial charge in [0.1, 0.15) is 13.2 Å². The molecule has 0 saturated heterocycles. The van der Waals surface area contributed by atoms with Crippen molar-refractivity contribution in [2.24, 2.45) is 11.7 Å². The monoisotopic (exact) mass is 250 g/mol. The van der Waals surface area contributed by atoms with E-state index in [1.807, 2.05) is 25.2 Å². The Balaban J connectivity index is 2.17. The summed E-state index contributed by atoms with van der Waals surface area (Å²) in [7, 11) is 1.96. The van der Waals surface area contributed by atoms with E-state index in [1.54, 1.807) is 0 Å². The maximum absolute atomic E-state index is 6.33. The Morgan fingerprint density at radius 1 is 1.28 bits per heavy atom. The van der Waals surface area contributed by atoms with Gasteiger partial charge in [-0.05, 0) is 37.2 Å². The highest BCUT2D eigenvalue weighted by atomic mass is 16.6. The number of hydrogen-bond acceptors (Lipinski definition) is 4. The Morgan fingerprint density at radius 3 is 2.67 bits per heavy atom. The average Bonchev–Trinajstić information content (AvgIpc) is 2.43. The molecule has 1 aliphatic heterocycles. The average molecular weight is 250 g/mol. The molecule has 3 N–H and O–H groups in total. The van der Waals surface area contributed by atoms with E-state index in [-0.39, 0.29) is 6.04 Å². The van der Waals surface area contributed by atoms with Crippen LogP contribution in [0.15, 0.2) is 18.2 Å². The molecule has 0 radical (unpaired) electrons. The van der Waals surface area contributed by atoms with E-state index in [4.69, 9.17) is 15.2 Å². The van der Waals surface area contributed by atoms with Crippen LogP contribution in [0.5, 0.6) is 11.5 Å². The van der Waals surface area contributed by atoms with Crippen LogP contribution >= 0.6 is 0 Å². The van der Waals surface area contributed by atoms with Crippen molar-refractivity contribution in [2.75, 3.05) is 26.8 Å². The number of nitrogens with one attached hydrogen (secondary N) is 1. The Bertz CT molecular complexity index is 395. The molecule has 1 aromatic carbocycles. The van der Waals surface area contributed by atoms with E-state index in [9.17, 15) is 0 Å². The lowest BCUT2D eigenvalue weighted by molar-refractivity contribution is 0.171. The summed E-state index contributed by atoms with van der Waals surface area (Å²) < 4.78 is 11.1. The van der Waals surface area contributed by atoms with Crippen LogP contribution < -0.4 is 20.5 Å². The Kier molecular flexibility index (Phi) is 4.44.